The second kappa shape index (κ2) is 6.51. The van der Waals surface area contributed by atoms with E-state index in [0.717, 1.165) is 32.6 Å². The van der Waals surface area contributed by atoms with Gasteiger partial charge in [-0.1, -0.05) is 29.8 Å². The van der Waals surface area contributed by atoms with Crippen LogP contribution in [-0.4, -0.2) is 31.5 Å². The lowest BCUT2D eigenvalue weighted by molar-refractivity contribution is -0.0163. The minimum Gasteiger partial charge on any atom is -0.396 e. The summed E-state index contributed by atoms with van der Waals surface area (Å²) in [7, 11) is 0. The minimum atomic E-state index is -0.00277. The number of rotatable bonds is 5. The quantitative estimate of drug-likeness (QED) is 0.857. The first-order valence-electron chi connectivity index (χ1n) is 7.14. The summed E-state index contributed by atoms with van der Waals surface area (Å²) in [6.45, 7) is 6.90. The standard InChI is InChI=1S/C16H25NO2/c1-13-3-5-15(6-4-13)14(2)17-11-16(12-18)7-9-19-10-8-16/h3-6,14,17-18H,7-12H2,1-2H3. The van der Waals surface area contributed by atoms with E-state index in [1.165, 1.54) is 11.1 Å². The topological polar surface area (TPSA) is 41.5 Å². The van der Waals surface area contributed by atoms with Gasteiger partial charge < -0.3 is 15.2 Å². The summed E-state index contributed by atoms with van der Waals surface area (Å²) < 4.78 is 5.39. The van der Waals surface area contributed by atoms with Crippen LogP contribution in [0.3, 0.4) is 0 Å². The van der Waals surface area contributed by atoms with Crippen LogP contribution < -0.4 is 5.32 Å². The average molecular weight is 263 g/mol. The van der Waals surface area contributed by atoms with Crippen LogP contribution in [0, 0.1) is 12.3 Å². The van der Waals surface area contributed by atoms with E-state index < -0.39 is 0 Å². The molecule has 0 amide bonds. The molecule has 3 heteroatoms. The van der Waals surface area contributed by atoms with Gasteiger partial charge in [-0.3, -0.25) is 0 Å². The predicted octanol–water partition coefficient (Wildman–Crippen LogP) is 2.43. The third kappa shape index (κ3) is 3.78. The van der Waals surface area contributed by atoms with E-state index >= 15 is 0 Å². The van der Waals surface area contributed by atoms with Crippen molar-refractivity contribution >= 4 is 0 Å². The normalized spacial score (nSPS) is 20.2. The fourth-order valence-electron chi connectivity index (χ4n) is 2.54. The monoisotopic (exact) mass is 263 g/mol. The van der Waals surface area contributed by atoms with Crippen LogP contribution in [0.1, 0.15) is 36.9 Å². The van der Waals surface area contributed by atoms with Gasteiger partial charge in [-0.15, -0.1) is 0 Å². The molecule has 1 atom stereocenters. The summed E-state index contributed by atoms with van der Waals surface area (Å²) in [6, 6.07) is 8.94. The highest BCUT2D eigenvalue weighted by molar-refractivity contribution is 5.23. The van der Waals surface area contributed by atoms with Crippen molar-refractivity contribution in [3.05, 3.63) is 35.4 Å². The van der Waals surface area contributed by atoms with E-state index in [1.807, 2.05) is 0 Å². The summed E-state index contributed by atoms with van der Waals surface area (Å²) in [5.74, 6) is 0. The van der Waals surface area contributed by atoms with Crippen molar-refractivity contribution in [3.8, 4) is 0 Å². The van der Waals surface area contributed by atoms with Gasteiger partial charge in [0, 0.05) is 31.2 Å². The molecule has 0 aliphatic carbocycles. The van der Waals surface area contributed by atoms with Crippen LogP contribution in [0.5, 0.6) is 0 Å². The lowest BCUT2D eigenvalue weighted by Gasteiger charge is -2.36. The Labute approximate surface area is 116 Å². The first-order chi connectivity index (χ1) is 9.15. The van der Waals surface area contributed by atoms with Crippen LogP contribution in [0.15, 0.2) is 24.3 Å². The van der Waals surface area contributed by atoms with Crippen molar-refractivity contribution in [3.63, 3.8) is 0 Å². The number of nitrogens with one attached hydrogen (secondary N) is 1. The van der Waals surface area contributed by atoms with E-state index in [1.54, 1.807) is 0 Å². The zero-order chi connectivity index (χ0) is 13.7. The molecule has 1 unspecified atom stereocenters. The molecule has 0 spiro atoms. The van der Waals surface area contributed by atoms with Gasteiger partial charge in [0.15, 0.2) is 0 Å². The van der Waals surface area contributed by atoms with Gasteiger partial charge in [-0.05, 0) is 32.3 Å². The molecule has 2 rings (SSSR count). The molecule has 1 aromatic rings. The Hall–Kier alpha value is -0.900. The van der Waals surface area contributed by atoms with E-state index in [0.29, 0.717) is 6.04 Å². The number of hydrogen-bond donors (Lipinski definition) is 2. The molecule has 0 radical (unpaired) electrons. The fraction of sp³-hybridized carbons (Fsp3) is 0.625. The molecule has 0 bridgehead atoms. The average Bonchev–Trinajstić information content (AvgIpc) is 2.46. The first-order valence-corrected chi connectivity index (χ1v) is 7.14. The molecule has 0 saturated carbocycles. The summed E-state index contributed by atoms with van der Waals surface area (Å²) in [6.07, 6.45) is 1.88. The molecule has 1 heterocycles. The van der Waals surface area contributed by atoms with Crippen LogP contribution in [0.2, 0.25) is 0 Å². The SMILES string of the molecule is Cc1ccc(C(C)NCC2(CO)CCOCC2)cc1. The van der Waals surface area contributed by atoms with Crippen LogP contribution in [-0.2, 0) is 4.74 Å². The molecule has 19 heavy (non-hydrogen) atoms. The van der Waals surface area contributed by atoms with E-state index in [9.17, 15) is 5.11 Å². The van der Waals surface area contributed by atoms with Crippen LogP contribution in [0.25, 0.3) is 0 Å². The van der Waals surface area contributed by atoms with Gasteiger partial charge in [-0.2, -0.15) is 0 Å². The van der Waals surface area contributed by atoms with Crippen molar-refractivity contribution in [2.75, 3.05) is 26.4 Å². The van der Waals surface area contributed by atoms with Crippen molar-refractivity contribution in [2.45, 2.75) is 32.7 Å². The van der Waals surface area contributed by atoms with Gasteiger partial charge in [0.2, 0.25) is 0 Å². The van der Waals surface area contributed by atoms with Gasteiger partial charge in [-0.25, -0.2) is 0 Å². The van der Waals surface area contributed by atoms with Crippen molar-refractivity contribution in [1.29, 1.82) is 0 Å². The second-order valence-corrected chi connectivity index (χ2v) is 5.78. The molecule has 1 aliphatic heterocycles. The highest BCUT2D eigenvalue weighted by Crippen LogP contribution is 2.29. The molecule has 3 nitrogen and oxygen atoms in total. The molecular weight excluding hydrogens is 238 g/mol. The maximum Gasteiger partial charge on any atom is 0.0501 e. The summed E-state index contributed by atoms with van der Waals surface area (Å²) in [5, 5.41) is 13.2. The number of benzene rings is 1. The largest absolute Gasteiger partial charge is 0.396 e. The van der Waals surface area contributed by atoms with Crippen molar-refractivity contribution < 1.29 is 9.84 Å². The lowest BCUT2D eigenvalue weighted by Crippen LogP contribution is -2.42. The third-order valence-corrected chi connectivity index (χ3v) is 4.25. The minimum absolute atomic E-state index is 0.00277. The number of hydrogen-bond acceptors (Lipinski definition) is 3. The molecule has 1 aliphatic rings. The van der Waals surface area contributed by atoms with Crippen LogP contribution in [0.4, 0.5) is 0 Å². The Balaban J connectivity index is 1.91. The van der Waals surface area contributed by atoms with Gasteiger partial charge in [0.05, 0.1) is 6.61 Å². The number of aliphatic hydroxyl groups excluding tert-OH is 1. The smallest absolute Gasteiger partial charge is 0.0501 e. The maximum absolute atomic E-state index is 9.67. The zero-order valence-corrected chi connectivity index (χ0v) is 12.0. The van der Waals surface area contributed by atoms with Crippen LogP contribution >= 0.6 is 0 Å². The lowest BCUT2D eigenvalue weighted by atomic mass is 9.80. The maximum atomic E-state index is 9.67. The fourth-order valence-corrected chi connectivity index (χ4v) is 2.54. The Morgan fingerprint density at radius 1 is 1.26 bits per heavy atom. The predicted molar refractivity (Wildman–Crippen MR) is 77.2 cm³/mol. The zero-order valence-electron chi connectivity index (χ0n) is 12.0. The molecule has 1 saturated heterocycles. The molecule has 1 aromatic carbocycles. The Morgan fingerprint density at radius 3 is 2.47 bits per heavy atom. The van der Waals surface area contributed by atoms with E-state index in [-0.39, 0.29) is 12.0 Å². The molecule has 1 fully saturated rings. The van der Waals surface area contributed by atoms with Crippen molar-refractivity contribution in [2.24, 2.45) is 5.41 Å². The highest BCUT2D eigenvalue weighted by atomic mass is 16.5. The Morgan fingerprint density at radius 2 is 1.89 bits per heavy atom. The van der Waals surface area contributed by atoms with E-state index in [4.69, 9.17) is 4.74 Å². The summed E-state index contributed by atoms with van der Waals surface area (Å²) in [4.78, 5) is 0. The van der Waals surface area contributed by atoms with Gasteiger partial charge >= 0.3 is 0 Å². The highest BCUT2D eigenvalue weighted by Gasteiger charge is 2.32. The number of aryl methyl sites for hydroxylation is 1. The molecular formula is C16H25NO2. The molecule has 0 aromatic heterocycles. The van der Waals surface area contributed by atoms with E-state index in [2.05, 4.69) is 43.4 Å². The van der Waals surface area contributed by atoms with Gasteiger partial charge in [0.25, 0.3) is 0 Å². The van der Waals surface area contributed by atoms with Gasteiger partial charge in [0.1, 0.15) is 0 Å². The molecule has 2 N–H and O–H groups in total. The molecule has 106 valence electrons. The first kappa shape index (κ1) is 14.5. The number of aliphatic hydroxyl groups is 1. The third-order valence-electron chi connectivity index (χ3n) is 4.25. The number of ether oxygens (including phenoxy) is 1. The van der Waals surface area contributed by atoms with Crippen molar-refractivity contribution in [1.82, 2.24) is 5.32 Å². The summed E-state index contributed by atoms with van der Waals surface area (Å²) >= 11 is 0. The second-order valence-electron chi connectivity index (χ2n) is 5.78. The Kier molecular flexibility index (Phi) is 4.97. The summed E-state index contributed by atoms with van der Waals surface area (Å²) in [5.41, 5.74) is 2.58. The Bertz CT molecular complexity index is 382.